The Labute approximate surface area is 152 Å². The van der Waals surface area contributed by atoms with Crippen LogP contribution in [0.15, 0.2) is 18.2 Å². The van der Waals surface area contributed by atoms with E-state index in [4.69, 9.17) is 0 Å². The molecule has 0 heteroatoms. The second-order valence-corrected chi connectivity index (χ2v) is 7.44. The van der Waals surface area contributed by atoms with Crippen molar-refractivity contribution in [3.05, 3.63) is 41.8 Å². The molecular weight excluding hydrogens is 288 g/mol. The van der Waals surface area contributed by atoms with Gasteiger partial charge in [0, 0.05) is 0 Å². The minimum Gasteiger partial charge on any atom is -0.0654 e. The summed E-state index contributed by atoms with van der Waals surface area (Å²) >= 11 is 0. The topological polar surface area (TPSA) is 0 Å². The molecule has 0 saturated heterocycles. The molecule has 0 bridgehead atoms. The molecule has 137 valence electrons. The lowest BCUT2D eigenvalue weighted by molar-refractivity contribution is 0.604. The van der Waals surface area contributed by atoms with E-state index in [1.54, 1.807) is 11.1 Å². The molecule has 1 aromatic rings. The normalized spacial score (nSPS) is 11.1. The van der Waals surface area contributed by atoms with Gasteiger partial charge in [0.1, 0.15) is 0 Å². The third-order valence-corrected chi connectivity index (χ3v) is 5.04. The molecule has 0 spiro atoms. The third-order valence-electron chi connectivity index (χ3n) is 5.04. The van der Waals surface area contributed by atoms with Gasteiger partial charge in [0.2, 0.25) is 0 Å². The maximum atomic E-state index is 4.10. The van der Waals surface area contributed by atoms with Crippen LogP contribution in [0.5, 0.6) is 0 Å². The van der Waals surface area contributed by atoms with Crippen LogP contribution in [-0.4, -0.2) is 0 Å². The molecule has 0 unspecified atom stereocenters. The van der Waals surface area contributed by atoms with Crippen molar-refractivity contribution in [3.8, 4) is 0 Å². The summed E-state index contributed by atoms with van der Waals surface area (Å²) in [6.07, 6.45) is 20.0. The molecule has 0 saturated carbocycles. The van der Waals surface area contributed by atoms with Crippen molar-refractivity contribution in [1.82, 2.24) is 0 Å². The maximum absolute atomic E-state index is 4.10. The third kappa shape index (κ3) is 10.2. The van der Waals surface area contributed by atoms with Gasteiger partial charge in [-0.25, -0.2) is 0 Å². The zero-order valence-corrected chi connectivity index (χ0v) is 16.5. The van der Waals surface area contributed by atoms with Crippen LogP contribution in [0.25, 0.3) is 0 Å². The Morgan fingerprint density at radius 2 is 0.917 bits per heavy atom. The minimum atomic E-state index is 0.924. The summed E-state index contributed by atoms with van der Waals surface area (Å²) in [4.78, 5) is 0. The van der Waals surface area contributed by atoms with Gasteiger partial charge in [0.05, 0.1) is 0 Å². The number of rotatable bonds is 15. The quantitative estimate of drug-likeness (QED) is 0.287. The highest BCUT2D eigenvalue weighted by atomic mass is 14.1. The Morgan fingerprint density at radius 1 is 0.542 bits per heavy atom. The molecule has 0 aliphatic rings. The van der Waals surface area contributed by atoms with Crippen molar-refractivity contribution in [1.29, 1.82) is 0 Å². The van der Waals surface area contributed by atoms with Crippen molar-refractivity contribution >= 4 is 0 Å². The summed E-state index contributed by atoms with van der Waals surface area (Å²) in [5, 5.41) is 0. The van der Waals surface area contributed by atoms with Gasteiger partial charge in [0.25, 0.3) is 0 Å². The Morgan fingerprint density at radius 3 is 1.33 bits per heavy atom. The van der Waals surface area contributed by atoms with Gasteiger partial charge in [0.15, 0.2) is 0 Å². The first kappa shape index (κ1) is 21.3. The molecular formula is C24H41. The van der Waals surface area contributed by atoms with Crippen molar-refractivity contribution < 1.29 is 0 Å². The molecule has 0 heterocycles. The van der Waals surface area contributed by atoms with E-state index in [0.29, 0.717) is 0 Å². The Balaban J connectivity index is 2.34. The molecule has 0 atom stereocenters. The summed E-state index contributed by atoms with van der Waals surface area (Å²) in [6.45, 7) is 8.67. The van der Waals surface area contributed by atoms with Crippen LogP contribution in [0, 0.1) is 6.92 Å². The van der Waals surface area contributed by atoms with Crippen LogP contribution in [0.1, 0.15) is 108 Å². The fraction of sp³-hybridized carbons (Fsp3) is 0.708. The van der Waals surface area contributed by atoms with Crippen molar-refractivity contribution in [3.63, 3.8) is 0 Å². The van der Waals surface area contributed by atoms with Crippen LogP contribution < -0.4 is 0 Å². The van der Waals surface area contributed by atoms with Crippen molar-refractivity contribution in [2.24, 2.45) is 0 Å². The van der Waals surface area contributed by atoms with Crippen molar-refractivity contribution in [2.75, 3.05) is 0 Å². The molecule has 1 rings (SSSR count). The van der Waals surface area contributed by atoms with E-state index in [2.05, 4.69) is 39.0 Å². The lowest BCUT2D eigenvalue weighted by Crippen LogP contribution is -1.95. The van der Waals surface area contributed by atoms with E-state index in [1.807, 2.05) is 0 Å². The molecule has 0 N–H and O–H groups in total. The Hall–Kier alpha value is -0.780. The van der Waals surface area contributed by atoms with Crippen LogP contribution in [0.2, 0.25) is 0 Å². The molecule has 1 aromatic carbocycles. The molecule has 0 nitrogen and oxygen atoms in total. The number of unbranched alkanes of at least 4 members (excludes halogenated alkanes) is 10. The van der Waals surface area contributed by atoms with Gasteiger partial charge >= 0.3 is 0 Å². The van der Waals surface area contributed by atoms with Crippen LogP contribution in [-0.2, 0) is 19.3 Å². The largest absolute Gasteiger partial charge is 0.0654 e. The zero-order chi connectivity index (χ0) is 17.5. The number of hydrogen-bond donors (Lipinski definition) is 0. The van der Waals surface area contributed by atoms with E-state index in [-0.39, 0.29) is 0 Å². The lowest BCUT2D eigenvalue weighted by Gasteiger charge is -2.09. The second-order valence-electron chi connectivity index (χ2n) is 7.44. The number of hydrogen-bond acceptors (Lipinski definition) is 0. The standard InChI is InChI=1S/C24H41/c1-4-7-9-11-13-15-17-23-19-22(6-3)20-24(21-23)18-16-14-12-10-8-5-2/h19-21H,3-18H2,1-2H3. The smallest absolute Gasteiger partial charge is 0.0279 e. The lowest BCUT2D eigenvalue weighted by atomic mass is 9.96. The molecule has 0 aliphatic heterocycles. The van der Waals surface area contributed by atoms with Gasteiger partial charge in [-0.3, -0.25) is 0 Å². The molecule has 0 aliphatic carbocycles. The minimum absolute atomic E-state index is 0.924. The van der Waals surface area contributed by atoms with Gasteiger partial charge in [-0.05, 0) is 55.7 Å². The average molecular weight is 330 g/mol. The highest BCUT2D eigenvalue weighted by Crippen LogP contribution is 2.17. The Kier molecular flexibility index (Phi) is 12.9. The van der Waals surface area contributed by atoms with Crippen molar-refractivity contribution in [2.45, 2.75) is 110 Å². The number of benzene rings is 1. The molecule has 0 aromatic heterocycles. The molecule has 1 radical (unpaired) electrons. The first-order valence-corrected chi connectivity index (χ1v) is 10.7. The summed E-state index contributed by atoms with van der Waals surface area (Å²) in [5.74, 6) is 0. The summed E-state index contributed by atoms with van der Waals surface area (Å²) in [5.41, 5.74) is 4.53. The fourth-order valence-electron chi connectivity index (χ4n) is 3.49. The summed E-state index contributed by atoms with van der Waals surface area (Å²) < 4.78 is 0. The van der Waals surface area contributed by atoms with E-state index < -0.39 is 0 Å². The van der Waals surface area contributed by atoms with Gasteiger partial charge in [-0.2, -0.15) is 0 Å². The summed E-state index contributed by atoms with van der Waals surface area (Å²) in [7, 11) is 0. The van der Waals surface area contributed by atoms with Gasteiger partial charge in [-0.1, -0.05) is 96.3 Å². The van der Waals surface area contributed by atoms with Crippen LogP contribution >= 0.6 is 0 Å². The molecule has 0 amide bonds. The van der Waals surface area contributed by atoms with E-state index in [0.717, 1.165) is 6.42 Å². The predicted octanol–water partition coefficient (Wildman–Crippen LogP) is 7.87. The number of aryl methyl sites for hydroxylation is 2. The SMILES string of the molecule is [CH2]Cc1cc(CCCCCCCC)cc(CCCCCCCC)c1. The predicted molar refractivity (Wildman–Crippen MR) is 110 cm³/mol. The van der Waals surface area contributed by atoms with Gasteiger partial charge < -0.3 is 0 Å². The zero-order valence-electron chi connectivity index (χ0n) is 16.5. The maximum Gasteiger partial charge on any atom is -0.0279 e. The Bertz CT molecular complexity index is 370. The first-order chi connectivity index (χ1) is 11.8. The van der Waals surface area contributed by atoms with Crippen LogP contribution in [0.4, 0.5) is 0 Å². The summed E-state index contributed by atoms with van der Waals surface area (Å²) in [6, 6.07) is 7.25. The monoisotopic (exact) mass is 329 g/mol. The molecule has 0 fully saturated rings. The van der Waals surface area contributed by atoms with E-state index >= 15 is 0 Å². The first-order valence-electron chi connectivity index (χ1n) is 10.7. The van der Waals surface area contributed by atoms with Gasteiger partial charge in [-0.15, -0.1) is 0 Å². The van der Waals surface area contributed by atoms with E-state index in [9.17, 15) is 0 Å². The molecule has 24 heavy (non-hydrogen) atoms. The van der Waals surface area contributed by atoms with Crippen LogP contribution in [0.3, 0.4) is 0 Å². The second kappa shape index (κ2) is 14.6. The highest BCUT2D eigenvalue weighted by Gasteiger charge is 2.02. The fourth-order valence-corrected chi connectivity index (χ4v) is 3.49. The average Bonchev–Trinajstić information content (AvgIpc) is 2.61. The highest BCUT2D eigenvalue weighted by molar-refractivity contribution is 5.31. The van der Waals surface area contributed by atoms with E-state index in [1.165, 1.54) is 95.5 Å².